The van der Waals surface area contributed by atoms with Gasteiger partial charge in [0.25, 0.3) is 0 Å². The third-order valence-electron chi connectivity index (χ3n) is 13.0. The lowest BCUT2D eigenvalue weighted by atomic mass is 9.46. The number of fused-ring (bicyclic) bond motifs is 5. The van der Waals surface area contributed by atoms with Gasteiger partial charge in [-0.2, -0.15) is 0 Å². The van der Waals surface area contributed by atoms with Crippen molar-refractivity contribution in [1.29, 1.82) is 0 Å². The molecule has 0 heterocycles. The first-order valence-corrected chi connectivity index (χ1v) is 15.4. The van der Waals surface area contributed by atoms with Crippen molar-refractivity contribution in [2.24, 2.45) is 51.8 Å². The fourth-order valence-corrected chi connectivity index (χ4v) is 10.2. The third-order valence-corrected chi connectivity index (χ3v) is 13.0. The number of ketones is 1. The summed E-state index contributed by atoms with van der Waals surface area (Å²) in [7, 11) is 0. The van der Waals surface area contributed by atoms with Crippen LogP contribution >= 0.6 is 0 Å². The Morgan fingerprint density at radius 3 is 2.37 bits per heavy atom. The van der Waals surface area contributed by atoms with Crippen LogP contribution in [0.5, 0.6) is 0 Å². The molecule has 4 saturated carbocycles. The Hall–Kier alpha value is -0.630. The van der Waals surface area contributed by atoms with Crippen molar-refractivity contribution < 1.29 is 9.90 Å². The molecule has 0 radical (unpaired) electrons. The molecule has 35 heavy (non-hydrogen) atoms. The fourth-order valence-electron chi connectivity index (χ4n) is 10.2. The molecule has 0 saturated heterocycles. The second-order valence-corrected chi connectivity index (χ2v) is 15.3. The quantitative estimate of drug-likeness (QED) is 0.399. The molecule has 1 N–H and O–H groups in total. The van der Waals surface area contributed by atoms with Gasteiger partial charge in [-0.1, -0.05) is 53.2 Å². The zero-order valence-corrected chi connectivity index (χ0v) is 23.8. The van der Waals surface area contributed by atoms with E-state index < -0.39 is 5.60 Å². The minimum absolute atomic E-state index is 0.232. The second kappa shape index (κ2) is 8.99. The van der Waals surface area contributed by atoms with E-state index in [1.807, 2.05) is 0 Å². The molecule has 8 atom stereocenters. The summed E-state index contributed by atoms with van der Waals surface area (Å²) in [6.07, 6.45) is 18.8. The summed E-state index contributed by atoms with van der Waals surface area (Å²) in [6, 6.07) is 0. The van der Waals surface area contributed by atoms with E-state index in [-0.39, 0.29) is 5.92 Å². The van der Waals surface area contributed by atoms with Gasteiger partial charge in [-0.15, -0.1) is 0 Å². The molecule has 0 spiro atoms. The number of hydrogen-bond acceptors (Lipinski definition) is 2. The van der Waals surface area contributed by atoms with Gasteiger partial charge < -0.3 is 5.11 Å². The molecular weight excluding hydrogens is 428 g/mol. The number of allylic oxidation sites excluding steroid dienone is 1. The average molecular weight is 483 g/mol. The number of carbonyl (C=O) groups excluding carboxylic acids is 1. The zero-order valence-electron chi connectivity index (χ0n) is 23.8. The molecule has 5 rings (SSSR count). The topological polar surface area (TPSA) is 37.3 Å². The molecule has 0 aliphatic heterocycles. The van der Waals surface area contributed by atoms with E-state index in [2.05, 4.69) is 47.6 Å². The maximum absolute atomic E-state index is 13.6. The first kappa shape index (κ1) is 26.0. The molecule has 0 aromatic rings. The molecule has 198 valence electrons. The lowest BCUT2D eigenvalue weighted by Crippen LogP contribution is -2.52. The third kappa shape index (κ3) is 4.40. The number of aliphatic hydroxyl groups is 1. The Kier molecular flexibility index (Phi) is 6.68. The van der Waals surface area contributed by atoms with E-state index in [1.165, 1.54) is 57.8 Å². The molecule has 0 amide bonds. The highest BCUT2D eigenvalue weighted by Crippen LogP contribution is 2.67. The summed E-state index contributed by atoms with van der Waals surface area (Å²) in [6.45, 7) is 14.4. The van der Waals surface area contributed by atoms with Crippen LogP contribution in [0.4, 0.5) is 0 Å². The van der Waals surface area contributed by atoms with E-state index in [0.717, 1.165) is 49.9 Å². The maximum atomic E-state index is 13.6. The first-order valence-electron chi connectivity index (χ1n) is 15.4. The van der Waals surface area contributed by atoms with Crippen LogP contribution in [0.15, 0.2) is 11.6 Å². The molecule has 0 bridgehead atoms. The Balaban J connectivity index is 1.28. The largest absolute Gasteiger partial charge is 0.390 e. The minimum Gasteiger partial charge on any atom is -0.390 e. The number of Topliss-reactive ketones (excluding diaryl/α,β-unsaturated/α-hetero) is 1. The summed E-state index contributed by atoms with van der Waals surface area (Å²) < 4.78 is 0. The van der Waals surface area contributed by atoms with Crippen LogP contribution in [0.3, 0.4) is 0 Å². The van der Waals surface area contributed by atoms with Crippen LogP contribution in [0, 0.1) is 51.8 Å². The van der Waals surface area contributed by atoms with Crippen LogP contribution in [0.1, 0.15) is 131 Å². The van der Waals surface area contributed by atoms with Crippen molar-refractivity contribution in [2.75, 3.05) is 0 Å². The average Bonchev–Trinajstić information content (AvgIpc) is 3.17. The van der Waals surface area contributed by atoms with E-state index in [9.17, 15) is 9.90 Å². The molecule has 4 fully saturated rings. The van der Waals surface area contributed by atoms with E-state index in [0.29, 0.717) is 33.9 Å². The Bertz CT molecular complexity index is 845. The van der Waals surface area contributed by atoms with Crippen LogP contribution in [-0.2, 0) is 4.79 Å². The monoisotopic (exact) mass is 482 g/mol. The van der Waals surface area contributed by atoms with E-state index in [4.69, 9.17) is 0 Å². The van der Waals surface area contributed by atoms with Crippen molar-refractivity contribution >= 4 is 5.78 Å². The minimum atomic E-state index is -0.469. The second-order valence-electron chi connectivity index (χ2n) is 15.3. The van der Waals surface area contributed by atoms with Gasteiger partial charge in [0.05, 0.1) is 5.60 Å². The summed E-state index contributed by atoms with van der Waals surface area (Å²) >= 11 is 0. The van der Waals surface area contributed by atoms with Crippen LogP contribution in [-0.4, -0.2) is 16.5 Å². The van der Waals surface area contributed by atoms with Gasteiger partial charge in [0.1, 0.15) is 5.78 Å². The Labute approximate surface area is 216 Å². The SMILES string of the molecule is CC[C@]1(O)CC[C@@]2(C)C(=CC[C@@H]3C2CC[C@]2(C)[C@@H]([C@H](C)C(=O)CC4CCC(C)(C)CC4)CC[C@@H]32)C1. The highest BCUT2D eigenvalue weighted by atomic mass is 16.3. The Morgan fingerprint density at radius 2 is 1.69 bits per heavy atom. The van der Waals surface area contributed by atoms with Crippen LogP contribution in [0.2, 0.25) is 0 Å². The molecule has 0 aromatic heterocycles. The van der Waals surface area contributed by atoms with Crippen molar-refractivity contribution in [2.45, 2.75) is 137 Å². The zero-order chi connectivity index (χ0) is 25.2. The first-order chi connectivity index (χ1) is 16.4. The lowest BCUT2D eigenvalue weighted by Gasteiger charge is -2.59. The van der Waals surface area contributed by atoms with Gasteiger partial charge >= 0.3 is 0 Å². The Morgan fingerprint density at radius 1 is 0.971 bits per heavy atom. The predicted molar refractivity (Wildman–Crippen MR) is 145 cm³/mol. The van der Waals surface area contributed by atoms with Crippen molar-refractivity contribution in [3.8, 4) is 0 Å². The van der Waals surface area contributed by atoms with Gasteiger partial charge in [-0.25, -0.2) is 0 Å². The molecule has 1 unspecified atom stereocenters. The molecule has 0 aromatic carbocycles. The number of hydrogen-bond donors (Lipinski definition) is 1. The molecule has 2 nitrogen and oxygen atoms in total. The van der Waals surface area contributed by atoms with Gasteiger partial charge in [0, 0.05) is 12.3 Å². The lowest BCUT2D eigenvalue weighted by molar-refractivity contribution is -0.128. The van der Waals surface area contributed by atoms with Crippen LogP contribution < -0.4 is 0 Å². The van der Waals surface area contributed by atoms with Gasteiger partial charge in [-0.05, 0) is 129 Å². The van der Waals surface area contributed by atoms with Crippen LogP contribution in [0.25, 0.3) is 0 Å². The van der Waals surface area contributed by atoms with Gasteiger partial charge in [0.2, 0.25) is 0 Å². The molecule has 2 heteroatoms. The van der Waals surface area contributed by atoms with E-state index in [1.54, 1.807) is 5.57 Å². The number of rotatable bonds is 5. The van der Waals surface area contributed by atoms with Gasteiger partial charge in [-0.3, -0.25) is 4.79 Å². The van der Waals surface area contributed by atoms with Crippen molar-refractivity contribution in [1.82, 2.24) is 0 Å². The smallest absolute Gasteiger partial charge is 0.136 e. The molecule has 5 aliphatic carbocycles. The summed E-state index contributed by atoms with van der Waals surface area (Å²) in [4.78, 5) is 13.6. The predicted octanol–water partition coefficient (Wildman–Crippen LogP) is 8.52. The number of carbonyl (C=O) groups is 1. The molecule has 5 aliphatic rings. The van der Waals surface area contributed by atoms with Crippen molar-refractivity contribution in [3.05, 3.63) is 11.6 Å². The summed E-state index contributed by atoms with van der Waals surface area (Å²) in [5, 5.41) is 11.0. The summed E-state index contributed by atoms with van der Waals surface area (Å²) in [5.74, 6) is 4.35. The van der Waals surface area contributed by atoms with E-state index >= 15 is 0 Å². The standard InChI is InChI=1S/C33H54O2/c1-7-33(35)19-18-31(5)24(21-33)8-9-25-27-11-10-26(32(27,6)17-14-28(25)31)22(2)29(34)20-23-12-15-30(3,4)16-13-23/h8,22-23,25-28,35H,7,9-21H2,1-6H3/t22-,25-,26+,27-,28?,31-,32+,33-/m0/s1. The summed E-state index contributed by atoms with van der Waals surface area (Å²) in [5.41, 5.74) is 2.22. The fraction of sp³-hybridized carbons (Fsp3) is 0.909. The highest BCUT2D eigenvalue weighted by Gasteiger charge is 2.60. The normalized spacial score (nSPS) is 46.2. The molecular formula is C33H54O2. The van der Waals surface area contributed by atoms with Gasteiger partial charge in [0.15, 0.2) is 0 Å². The maximum Gasteiger partial charge on any atom is 0.136 e. The highest BCUT2D eigenvalue weighted by molar-refractivity contribution is 5.81. The van der Waals surface area contributed by atoms with Crippen molar-refractivity contribution in [3.63, 3.8) is 0 Å².